The second-order valence-corrected chi connectivity index (χ2v) is 11.7. The number of hydrogen-bond donors (Lipinski definition) is 0. The molecule has 6 nitrogen and oxygen atoms in total. The zero-order valence-corrected chi connectivity index (χ0v) is 20.9. The van der Waals surface area contributed by atoms with E-state index in [-0.39, 0.29) is 23.4 Å². The molecule has 0 spiro atoms. The molecule has 0 heterocycles. The maximum atomic E-state index is 12.5. The molecule has 0 aliphatic carbocycles. The first kappa shape index (κ1) is 25.9. The van der Waals surface area contributed by atoms with Gasteiger partial charge in [-0.3, -0.25) is 9.59 Å². The van der Waals surface area contributed by atoms with Crippen LogP contribution in [0.15, 0.2) is 48.5 Å². The van der Waals surface area contributed by atoms with Crippen LogP contribution >= 0.6 is 0 Å². The Morgan fingerprint density at radius 1 is 0.781 bits per heavy atom. The molecule has 0 saturated heterocycles. The summed E-state index contributed by atoms with van der Waals surface area (Å²) in [5.41, 5.74) is 2.20. The van der Waals surface area contributed by atoms with E-state index in [1.807, 2.05) is 12.1 Å². The number of benzene rings is 2. The SMILES string of the molecule is CO[Si](CCCOc1ccc(C(=O)CC(=O)c2ccc(C(C)(C)C)cc2)cc1)(OC)OC. The van der Waals surface area contributed by atoms with E-state index < -0.39 is 8.80 Å². The fourth-order valence-electron chi connectivity index (χ4n) is 3.28. The molecule has 0 aliphatic heterocycles. The molecule has 2 aromatic rings. The highest BCUT2D eigenvalue weighted by molar-refractivity contribution is 6.60. The topological polar surface area (TPSA) is 71.1 Å². The Morgan fingerprint density at radius 2 is 1.25 bits per heavy atom. The van der Waals surface area contributed by atoms with Gasteiger partial charge in [0.1, 0.15) is 5.75 Å². The molecule has 0 aliphatic rings. The van der Waals surface area contributed by atoms with Gasteiger partial charge >= 0.3 is 8.80 Å². The van der Waals surface area contributed by atoms with Gasteiger partial charge < -0.3 is 18.0 Å². The van der Waals surface area contributed by atoms with E-state index in [9.17, 15) is 9.59 Å². The third-order valence-electron chi connectivity index (χ3n) is 5.40. The van der Waals surface area contributed by atoms with Gasteiger partial charge in [0.15, 0.2) is 11.6 Å². The highest BCUT2D eigenvalue weighted by Gasteiger charge is 2.36. The predicted molar refractivity (Wildman–Crippen MR) is 127 cm³/mol. The van der Waals surface area contributed by atoms with Gasteiger partial charge in [0.05, 0.1) is 13.0 Å². The lowest BCUT2D eigenvalue weighted by molar-refractivity contribution is 0.0894. The molecule has 174 valence electrons. The quantitative estimate of drug-likeness (QED) is 0.191. The molecule has 0 atom stereocenters. The zero-order chi connectivity index (χ0) is 23.8. The van der Waals surface area contributed by atoms with E-state index in [1.54, 1.807) is 57.7 Å². The minimum absolute atomic E-state index is 0.0175. The lowest BCUT2D eigenvalue weighted by Crippen LogP contribution is -2.42. The Bertz CT molecular complexity index is 872. The second kappa shape index (κ2) is 11.5. The Morgan fingerprint density at radius 3 is 1.69 bits per heavy atom. The number of ketones is 2. The van der Waals surface area contributed by atoms with Gasteiger partial charge in [-0.05, 0) is 41.7 Å². The molecule has 0 aromatic heterocycles. The molecule has 2 aromatic carbocycles. The number of carbonyl (C=O) groups is 2. The van der Waals surface area contributed by atoms with E-state index in [1.165, 1.54) is 0 Å². The summed E-state index contributed by atoms with van der Waals surface area (Å²) in [5, 5.41) is 0. The van der Waals surface area contributed by atoms with Crippen LogP contribution < -0.4 is 4.74 Å². The molecular weight excluding hydrogens is 424 g/mol. The lowest BCUT2D eigenvalue weighted by Gasteiger charge is -2.24. The molecule has 0 fully saturated rings. The average molecular weight is 459 g/mol. The zero-order valence-electron chi connectivity index (χ0n) is 19.9. The highest BCUT2D eigenvalue weighted by atomic mass is 28.4. The molecular formula is C25H34O6Si. The van der Waals surface area contributed by atoms with Gasteiger partial charge in [-0.2, -0.15) is 0 Å². The van der Waals surface area contributed by atoms with Crippen molar-refractivity contribution in [2.24, 2.45) is 0 Å². The molecule has 0 N–H and O–H groups in total. The van der Waals surface area contributed by atoms with Crippen molar-refractivity contribution in [2.75, 3.05) is 27.9 Å². The predicted octanol–water partition coefficient (Wildman–Crippen LogP) is 5.09. The number of rotatable bonds is 12. The largest absolute Gasteiger partial charge is 0.500 e. The number of Topliss-reactive ketones (excluding diaryl/α,β-unsaturated/α-hetero) is 2. The van der Waals surface area contributed by atoms with Gasteiger partial charge in [0.25, 0.3) is 0 Å². The minimum atomic E-state index is -2.59. The Balaban J connectivity index is 1.87. The minimum Gasteiger partial charge on any atom is -0.494 e. The Kier molecular flexibility index (Phi) is 9.33. The summed E-state index contributed by atoms with van der Waals surface area (Å²) in [4.78, 5) is 25.1. The molecule has 0 unspecified atom stereocenters. The van der Waals surface area contributed by atoms with E-state index in [0.29, 0.717) is 35.9 Å². The third-order valence-corrected chi connectivity index (χ3v) is 8.23. The van der Waals surface area contributed by atoms with E-state index in [4.69, 9.17) is 18.0 Å². The van der Waals surface area contributed by atoms with E-state index in [0.717, 1.165) is 5.56 Å². The van der Waals surface area contributed by atoms with Crippen LogP contribution in [-0.4, -0.2) is 48.3 Å². The van der Waals surface area contributed by atoms with Gasteiger partial charge in [-0.15, -0.1) is 0 Å². The van der Waals surface area contributed by atoms with Crippen molar-refractivity contribution in [2.45, 2.75) is 45.1 Å². The fourth-order valence-corrected chi connectivity index (χ4v) is 4.97. The molecule has 0 saturated carbocycles. The van der Waals surface area contributed by atoms with Gasteiger partial charge in [0, 0.05) is 38.5 Å². The van der Waals surface area contributed by atoms with Crippen molar-refractivity contribution >= 4 is 20.4 Å². The summed E-state index contributed by atoms with van der Waals surface area (Å²) < 4.78 is 21.9. The number of hydrogen-bond acceptors (Lipinski definition) is 6. The van der Waals surface area contributed by atoms with Gasteiger partial charge in [0.2, 0.25) is 0 Å². The van der Waals surface area contributed by atoms with Crippen molar-refractivity contribution in [1.29, 1.82) is 0 Å². The van der Waals surface area contributed by atoms with Crippen LogP contribution in [0.3, 0.4) is 0 Å². The second-order valence-electron chi connectivity index (χ2n) is 8.62. The van der Waals surface area contributed by atoms with Crippen molar-refractivity contribution in [3.05, 3.63) is 65.2 Å². The Hall–Kier alpha value is -2.32. The first-order chi connectivity index (χ1) is 15.1. The number of carbonyl (C=O) groups excluding carboxylic acids is 2. The fraction of sp³-hybridized carbons (Fsp3) is 0.440. The molecule has 0 bridgehead atoms. The van der Waals surface area contributed by atoms with E-state index in [2.05, 4.69) is 20.8 Å². The van der Waals surface area contributed by atoms with Crippen LogP contribution in [0.4, 0.5) is 0 Å². The van der Waals surface area contributed by atoms with Crippen LogP contribution in [-0.2, 0) is 18.7 Å². The first-order valence-corrected chi connectivity index (χ1v) is 12.6. The third kappa shape index (κ3) is 7.10. The van der Waals surface area contributed by atoms with Gasteiger partial charge in [-0.1, -0.05) is 45.0 Å². The molecule has 0 amide bonds. The van der Waals surface area contributed by atoms with Crippen molar-refractivity contribution in [3.63, 3.8) is 0 Å². The van der Waals surface area contributed by atoms with Crippen molar-refractivity contribution in [1.82, 2.24) is 0 Å². The molecule has 2 rings (SSSR count). The van der Waals surface area contributed by atoms with Crippen LogP contribution in [0.5, 0.6) is 5.75 Å². The first-order valence-electron chi connectivity index (χ1n) is 10.7. The lowest BCUT2D eigenvalue weighted by atomic mass is 9.86. The summed E-state index contributed by atoms with van der Waals surface area (Å²) in [7, 11) is 2.16. The normalized spacial score (nSPS) is 11.9. The maximum absolute atomic E-state index is 12.5. The summed E-state index contributed by atoms with van der Waals surface area (Å²) in [5.74, 6) is 0.264. The van der Waals surface area contributed by atoms with E-state index >= 15 is 0 Å². The van der Waals surface area contributed by atoms with Crippen LogP contribution in [0, 0.1) is 0 Å². The summed E-state index contributed by atoms with van der Waals surface area (Å²) in [6, 6.07) is 15.0. The van der Waals surface area contributed by atoms with Crippen LogP contribution in [0.1, 0.15) is 59.9 Å². The number of ether oxygens (including phenoxy) is 1. The molecule has 32 heavy (non-hydrogen) atoms. The van der Waals surface area contributed by atoms with Crippen LogP contribution in [0.2, 0.25) is 6.04 Å². The molecule has 7 heteroatoms. The summed E-state index contributed by atoms with van der Waals surface area (Å²) >= 11 is 0. The monoisotopic (exact) mass is 458 g/mol. The highest BCUT2D eigenvalue weighted by Crippen LogP contribution is 2.23. The standard InChI is InChI=1S/C25H34O6Si/c1-25(2,3)21-12-8-19(9-13-21)23(26)18-24(27)20-10-14-22(15-11-20)31-16-7-17-32(28-4,29-5)30-6/h8-15H,7,16-18H2,1-6H3. The van der Waals surface area contributed by atoms with Gasteiger partial charge in [-0.25, -0.2) is 0 Å². The summed E-state index contributed by atoms with van der Waals surface area (Å²) in [6.45, 7) is 6.83. The summed E-state index contributed by atoms with van der Waals surface area (Å²) in [6.07, 6.45) is 0.553. The molecule has 0 radical (unpaired) electrons. The Labute approximate surface area is 192 Å². The smallest absolute Gasteiger partial charge is 0.494 e. The van der Waals surface area contributed by atoms with Crippen molar-refractivity contribution < 1.29 is 27.6 Å². The average Bonchev–Trinajstić information content (AvgIpc) is 2.79. The maximum Gasteiger partial charge on any atom is 0.500 e. The van der Waals surface area contributed by atoms with Crippen LogP contribution in [0.25, 0.3) is 0 Å². The van der Waals surface area contributed by atoms with Crippen molar-refractivity contribution in [3.8, 4) is 5.75 Å².